The van der Waals surface area contributed by atoms with Crippen LogP contribution in [0.2, 0.25) is 0 Å². The van der Waals surface area contributed by atoms with Gasteiger partial charge in [-0.25, -0.2) is 9.78 Å². The Labute approximate surface area is 156 Å². The lowest BCUT2D eigenvalue weighted by Crippen LogP contribution is -2.12. The summed E-state index contributed by atoms with van der Waals surface area (Å²) in [7, 11) is 1.26. The highest BCUT2D eigenvalue weighted by atomic mass is 16.5. The molecule has 1 heterocycles. The Balaban J connectivity index is 1.86. The summed E-state index contributed by atoms with van der Waals surface area (Å²) >= 11 is 0. The predicted octanol–water partition coefficient (Wildman–Crippen LogP) is 3.26. The quantitative estimate of drug-likeness (QED) is 0.534. The van der Waals surface area contributed by atoms with Crippen LogP contribution in [0.1, 0.15) is 32.0 Å². The lowest BCUT2D eigenvalue weighted by atomic mass is 10.0. The van der Waals surface area contributed by atoms with E-state index in [9.17, 15) is 9.59 Å². The number of aromatic nitrogens is 1. The number of pyridine rings is 1. The van der Waals surface area contributed by atoms with Crippen molar-refractivity contribution < 1.29 is 19.1 Å². The number of carbonyl (C=O) groups excluding carboxylic acids is 2. The molecule has 0 spiro atoms. The number of hydrogen-bond acceptors (Lipinski definition) is 6. The standard InChI is InChI=1S/C21H18N2O4/c1-26-21(25)15-11-17(22)19(23-12-15)20(24)16-9-5-6-10-18(16)27-13-14-7-3-2-4-8-14/h2-12H,13,22H2,1H3. The van der Waals surface area contributed by atoms with Gasteiger partial charge >= 0.3 is 5.97 Å². The largest absolute Gasteiger partial charge is 0.488 e. The molecule has 2 N–H and O–H groups in total. The average Bonchev–Trinajstić information content (AvgIpc) is 2.72. The monoisotopic (exact) mass is 362 g/mol. The summed E-state index contributed by atoms with van der Waals surface area (Å²) in [4.78, 5) is 28.5. The van der Waals surface area contributed by atoms with Crippen molar-refractivity contribution in [3.05, 3.63) is 89.2 Å². The second kappa shape index (κ2) is 8.14. The molecule has 0 atom stereocenters. The van der Waals surface area contributed by atoms with Crippen LogP contribution in [-0.2, 0) is 11.3 Å². The van der Waals surface area contributed by atoms with Gasteiger partial charge in [-0.3, -0.25) is 4.79 Å². The normalized spacial score (nSPS) is 10.3. The minimum Gasteiger partial charge on any atom is -0.488 e. The Morgan fingerprint density at radius 2 is 1.74 bits per heavy atom. The molecule has 0 bridgehead atoms. The summed E-state index contributed by atoms with van der Waals surface area (Å²) in [6.45, 7) is 0.329. The number of rotatable bonds is 6. The maximum absolute atomic E-state index is 12.9. The van der Waals surface area contributed by atoms with Gasteiger partial charge in [-0.1, -0.05) is 42.5 Å². The first kappa shape index (κ1) is 18.1. The Morgan fingerprint density at radius 1 is 1.04 bits per heavy atom. The SMILES string of the molecule is COC(=O)c1cnc(C(=O)c2ccccc2OCc2ccccc2)c(N)c1. The van der Waals surface area contributed by atoms with E-state index in [-0.39, 0.29) is 22.7 Å². The minimum absolute atomic E-state index is 0.0541. The van der Waals surface area contributed by atoms with Crippen molar-refractivity contribution in [3.8, 4) is 5.75 Å². The molecule has 6 nitrogen and oxygen atoms in total. The van der Waals surface area contributed by atoms with Crippen molar-refractivity contribution in [2.75, 3.05) is 12.8 Å². The Kier molecular flexibility index (Phi) is 5.47. The summed E-state index contributed by atoms with van der Waals surface area (Å²) in [5.41, 5.74) is 7.60. The van der Waals surface area contributed by atoms with E-state index in [1.54, 1.807) is 24.3 Å². The smallest absolute Gasteiger partial charge is 0.339 e. The number of nitrogens with zero attached hydrogens (tertiary/aromatic N) is 1. The molecule has 0 saturated carbocycles. The van der Waals surface area contributed by atoms with Crippen molar-refractivity contribution in [3.63, 3.8) is 0 Å². The van der Waals surface area contributed by atoms with Gasteiger partial charge in [0.25, 0.3) is 0 Å². The number of esters is 1. The summed E-state index contributed by atoms with van der Waals surface area (Å²) in [5.74, 6) is -0.517. The third-order valence-corrected chi connectivity index (χ3v) is 3.92. The van der Waals surface area contributed by atoms with Crippen LogP contribution < -0.4 is 10.5 Å². The van der Waals surface area contributed by atoms with E-state index in [0.29, 0.717) is 17.9 Å². The van der Waals surface area contributed by atoms with Crippen molar-refractivity contribution in [1.82, 2.24) is 4.98 Å². The zero-order valence-corrected chi connectivity index (χ0v) is 14.7. The number of para-hydroxylation sites is 1. The summed E-state index contributed by atoms with van der Waals surface area (Å²) < 4.78 is 10.5. The molecule has 0 aliphatic rings. The first-order valence-electron chi connectivity index (χ1n) is 8.24. The number of carbonyl (C=O) groups is 2. The van der Waals surface area contributed by atoms with Gasteiger partial charge in [-0.15, -0.1) is 0 Å². The third kappa shape index (κ3) is 4.12. The number of hydrogen-bond donors (Lipinski definition) is 1. The number of anilines is 1. The molecule has 0 saturated heterocycles. The molecule has 136 valence electrons. The molecule has 0 unspecified atom stereocenters. The van der Waals surface area contributed by atoms with Gasteiger partial charge in [-0.05, 0) is 23.8 Å². The second-order valence-electron chi connectivity index (χ2n) is 5.75. The van der Waals surface area contributed by atoms with Gasteiger partial charge in [0.05, 0.1) is 23.9 Å². The molecule has 6 heteroatoms. The van der Waals surface area contributed by atoms with Crippen LogP contribution in [0.4, 0.5) is 5.69 Å². The van der Waals surface area contributed by atoms with Gasteiger partial charge in [-0.2, -0.15) is 0 Å². The molecule has 0 amide bonds. The van der Waals surface area contributed by atoms with Crippen molar-refractivity contribution in [1.29, 1.82) is 0 Å². The van der Waals surface area contributed by atoms with E-state index in [1.165, 1.54) is 19.4 Å². The molecule has 1 aromatic heterocycles. The fourth-order valence-corrected chi connectivity index (χ4v) is 2.54. The van der Waals surface area contributed by atoms with Gasteiger partial charge < -0.3 is 15.2 Å². The van der Waals surface area contributed by atoms with Crippen LogP contribution in [0.5, 0.6) is 5.75 Å². The minimum atomic E-state index is -0.570. The van der Waals surface area contributed by atoms with E-state index in [1.807, 2.05) is 30.3 Å². The topological polar surface area (TPSA) is 91.5 Å². The Hall–Kier alpha value is -3.67. The molecule has 27 heavy (non-hydrogen) atoms. The second-order valence-corrected chi connectivity index (χ2v) is 5.75. The van der Waals surface area contributed by atoms with Gasteiger partial charge in [0.15, 0.2) is 0 Å². The predicted molar refractivity (Wildman–Crippen MR) is 101 cm³/mol. The fraction of sp³-hybridized carbons (Fsp3) is 0.0952. The van der Waals surface area contributed by atoms with Gasteiger partial charge in [0, 0.05) is 6.20 Å². The maximum atomic E-state index is 12.9. The maximum Gasteiger partial charge on any atom is 0.339 e. The Morgan fingerprint density at radius 3 is 2.44 bits per heavy atom. The summed E-state index contributed by atoms with van der Waals surface area (Å²) in [6.07, 6.45) is 1.27. The number of nitrogen functional groups attached to an aromatic ring is 1. The van der Waals surface area contributed by atoms with E-state index in [2.05, 4.69) is 9.72 Å². The van der Waals surface area contributed by atoms with Crippen LogP contribution in [-0.4, -0.2) is 23.8 Å². The summed E-state index contributed by atoms with van der Waals surface area (Å²) in [6, 6.07) is 17.9. The third-order valence-electron chi connectivity index (χ3n) is 3.92. The lowest BCUT2D eigenvalue weighted by Gasteiger charge is -2.12. The van der Waals surface area contributed by atoms with E-state index < -0.39 is 5.97 Å². The van der Waals surface area contributed by atoms with Crippen molar-refractivity contribution in [2.24, 2.45) is 0 Å². The first-order chi connectivity index (χ1) is 13.1. The number of nitrogens with two attached hydrogens (primary N) is 1. The number of ether oxygens (including phenoxy) is 2. The highest BCUT2D eigenvalue weighted by molar-refractivity contribution is 6.12. The molecular formula is C21H18N2O4. The first-order valence-corrected chi connectivity index (χ1v) is 8.24. The molecule has 0 fully saturated rings. The number of ketones is 1. The van der Waals surface area contributed by atoms with Crippen molar-refractivity contribution >= 4 is 17.4 Å². The molecule has 0 aliphatic carbocycles. The average molecular weight is 362 g/mol. The molecular weight excluding hydrogens is 344 g/mol. The highest BCUT2D eigenvalue weighted by Gasteiger charge is 2.20. The number of benzene rings is 2. The zero-order chi connectivity index (χ0) is 19.2. The van der Waals surface area contributed by atoms with E-state index in [4.69, 9.17) is 10.5 Å². The van der Waals surface area contributed by atoms with E-state index in [0.717, 1.165) is 5.56 Å². The van der Waals surface area contributed by atoms with Crippen LogP contribution in [0, 0.1) is 0 Å². The van der Waals surface area contributed by atoms with Crippen LogP contribution >= 0.6 is 0 Å². The van der Waals surface area contributed by atoms with Crippen LogP contribution in [0.25, 0.3) is 0 Å². The van der Waals surface area contributed by atoms with Gasteiger partial charge in [0.2, 0.25) is 5.78 Å². The van der Waals surface area contributed by atoms with Crippen LogP contribution in [0.3, 0.4) is 0 Å². The number of methoxy groups -OCH3 is 1. The van der Waals surface area contributed by atoms with Crippen molar-refractivity contribution in [2.45, 2.75) is 6.61 Å². The van der Waals surface area contributed by atoms with E-state index >= 15 is 0 Å². The molecule has 0 radical (unpaired) electrons. The molecule has 3 rings (SSSR count). The Bertz CT molecular complexity index is 971. The summed E-state index contributed by atoms with van der Waals surface area (Å²) in [5, 5.41) is 0. The fourth-order valence-electron chi connectivity index (χ4n) is 2.54. The molecule has 3 aromatic rings. The lowest BCUT2D eigenvalue weighted by molar-refractivity contribution is 0.0600. The zero-order valence-electron chi connectivity index (χ0n) is 14.7. The highest BCUT2D eigenvalue weighted by Crippen LogP contribution is 2.24. The molecule has 2 aromatic carbocycles. The molecule has 0 aliphatic heterocycles. The van der Waals surface area contributed by atoms with Gasteiger partial charge in [0.1, 0.15) is 18.1 Å². The van der Waals surface area contributed by atoms with Crippen LogP contribution in [0.15, 0.2) is 66.9 Å².